The summed E-state index contributed by atoms with van der Waals surface area (Å²) in [5.74, 6) is 0.616. The van der Waals surface area contributed by atoms with Crippen molar-refractivity contribution >= 4 is 0 Å². The van der Waals surface area contributed by atoms with Crippen LogP contribution in [0, 0.1) is 0 Å². The third-order valence-corrected chi connectivity index (χ3v) is 3.42. The minimum Gasteiger partial charge on any atom is -0.338 e. The largest absolute Gasteiger partial charge is 0.416 e. The van der Waals surface area contributed by atoms with Gasteiger partial charge in [0.25, 0.3) is 0 Å². The number of hydrogen-bond acceptors (Lipinski definition) is 6. The second-order valence-corrected chi connectivity index (χ2v) is 5.46. The van der Waals surface area contributed by atoms with Crippen molar-refractivity contribution in [2.24, 2.45) is 0 Å². The Hall–Kier alpha value is -2.81. The lowest BCUT2D eigenvalue weighted by Gasteiger charge is -2.12. The highest BCUT2D eigenvalue weighted by molar-refractivity contribution is 5.54. The van der Waals surface area contributed by atoms with Gasteiger partial charge in [0, 0.05) is 18.3 Å². The van der Waals surface area contributed by atoms with Gasteiger partial charge >= 0.3 is 6.18 Å². The van der Waals surface area contributed by atoms with E-state index >= 15 is 0 Å². The lowest BCUT2D eigenvalue weighted by molar-refractivity contribution is -0.137. The first-order valence-corrected chi connectivity index (χ1v) is 7.35. The van der Waals surface area contributed by atoms with Gasteiger partial charge in [0.05, 0.1) is 17.8 Å². The zero-order chi connectivity index (χ0) is 17.9. The van der Waals surface area contributed by atoms with Gasteiger partial charge in [-0.15, -0.1) is 0 Å². The van der Waals surface area contributed by atoms with Crippen molar-refractivity contribution in [2.75, 3.05) is 7.05 Å². The maximum atomic E-state index is 12.6. The van der Waals surface area contributed by atoms with E-state index in [0.29, 0.717) is 24.5 Å². The molecular weight excluding hydrogens is 335 g/mol. The topological polar surface area (TPSA) is 67.9 Å². The Labute approximate surface area is 141 Å². The zero-order valence-electron chi connectivity index (χ0n) is 13.2. The van der Waals surface area contributed by atoms with Crippen molar-refractivity contribution in [2.45, 2.75) is 19.3 Å². The summed E-state index contributed by atoms with van der Waals surface area (Å²) in [6, 6.07) is 6.43. The van der Waals surface area contributed by atoms with Crippen LogP contribution >= 0.6 is 0 Å². The van der Waals surface area contributed by atoms with E-state index in [-0.39, 0.29) is 5.82 Å². The van der Waals surface area contributed by atoms with Crippen LogP contribution in [0.5, 0.6) is 0 Å². The van der Waals surface area contributed by atoms with Crippen molar-refractivity contribution in [1.82, 2.24) is 25.0 Å². The quantitative estimate of drug-likeness (QED) is 0.705. The molecule has 130 valence electrons. The van der Waals surface area contributed by atoms with Gasteiger partial charge in [0.2, 0.25) is 11.7 Å². The first-order chi connectivity index (χ1) is 11.9. The van der Waals surface area contributed by atoms with Crippen molar-refractivity contribution in [3.05, 3.63) is 60.0 Å². The normalized spacial score (nSPS) is 11.9. The second-order valence-electron chi connectivity index (χ2n) is 5.46. The molecule has 1 aromatic carbocycles. The molecule has 0 aliphatic heterocycles. The Morgan fingerprint density at radius 1 is 1.08 bits per heavy atom. The molecule has 0 atom stereocenters. The fraction of sp³-hybridized carbons (Fsp3) is 0.250. The summed E-state index contributed by atoms with van der Waals surface area (Å²) < 4.78 is 42.9. The minimum atomic E-state index is -4.37. The standard InChI is InChI=1S/C16H14F3N5O/c1-24(8-13-6-7-20-10-21-13)9-14-22-15(23-25-14)11-2-4-12(5-3-11)16(17,18)19/h2-7,10H,8-9H2,1H3. The summed E-state index contributed by atoms with van der Waals surface area (Å²) in [5, 5.41) is 3.82. The Morgan fingerprint density at radius 2 is 1.84 bits per heavy atom. The predicted octanol–water partition coefficient (Wildman–Crippen LogP) is 3.18. The van der Waals surface area contributed by atoms with Crippen molar-refractivity contribution in [3.8, 4) is 11.4 Å². The van der Waals surface area contributed by atoms with Crippen LogP contribution in [0.3, 0.4) is 0 Å². The SMILES string of the molecule is CN(Cc1ccncn1)Cc1nc(-c2ccc(C(F)(F)F)cc2)no1. The lowest BCUT2D eigenvalue weighted by atomic mass is 10.1. The number of hydrogen-bond donors (Lipinski definition) is 0. The van der Waals surface area contributed by atoms with Gasteiger partial charge in [-0.05, 0) is 25.2 Å². The Bertz CT molecular complexity index is 818. The number of halogens is 3. The van der Waals surface area contributed by atoms with Crippen LogP contribution in [0.2, 0.25) is 0 Å². The highest BCUT2D eigenvalue weighted by atomic mass is 19.4. The van der Waals surface area contributed by atoms with Crippen molar-refractivity contribution in [1.29, 1.82) is 0 Å². The third kappa shape index (κ3) is 4.38. The first kappa shape index (κ1) is 17.0. The Kier molecular flexibility index (Phi) is 4.75. The summed E-state index contributed by atoms with van der Waals surface area (Å²) in [7, 11) is 1.87. The number of rotatable bonds is 5. The van der Waals surface area contributed by atoms with Gasteiger partial charge in [-0.3, -0.25) is 4.90 Å². The van der Waals surface area contributed by atoms with Crippen LogP contribution in [0.15, 0.2) is 47.4 Å². The molecule has 25 heavy (non-hydrogen) atoms. The van der Waals surface area contributed by atoms with E-state index in [9.17, 15) is 13.2 Å². The third-order valence-electron chi connectivity index (χ3n) is 3.42. The molecular formula is C16H14F3N5O. The van der Waals surface area contributed by atoms with Crippen molar-refractivity contribution in [3.63, 3.8) is 0 Å². The molecule has 0 radical (unpaired) electrons. The molecule has 0 bridgehead atoms. The number of alkyl halides is 3. The molecule has 0 N–H and O–H groups in total. The average molecular weight is 349 g/mol. The summed E-state index contributed by atoms with van der Waals surface area (Å²) in [6.45, 7) is 0.956. The summed E-state index contributed by atoms with van der Waals surface area (Å²) in [5.41, 5.74) is 0.589. The van der Waals surface area contributed by atoms with E-state index in [1.54, 1.807) is 12.3 Å². The van der Waals surface area contributed by atoms with E-state index in [2.05, 4.69) is 20.1 Å². The van der Waals surface area contributed by atoms with Crippen LogP contribution < -0.4 is 0 Å². The summed E-state index contributed by atoms with van der Waals surface area (Å²) in [4.78, 5) is 14.1. The van der Waals surface area contributed by atoms with E-state index in [1.807, 2.05) is 11.9 Å². The Morgan fingerprint density at radius 3 is 2.48 bits per heavy atom. The van der Waals surface area contributed by atoms with Gasteiger partial charge < -0.3 is 4.52 Å². The van der Waals surface area contributed by atoms with Gasteiger partial charge in [-0.2, -0.15) is 18.2 Å². The lowest BCUT2D eigenvalue weighted by Crippen LogP contribution is -2.18. The molecule has 0 fully saturated rings. The van der Waals surface area contributed by atoms with Crippen LogP contribution in [0.25, 0.3) is 11.4 Å². The molecule has 0 aliphatic rings. The summed E-state index contributed by atoms with van der Waals surface area (Å²) in [6.07, 6.45) is -1.24. The smallest absolute Gasteiger partial charge is 0.338 e. The highest BCUT2D eigenvalue weighted by Crippen LogP contribution is 2.30. The monoisotopic (exact) mass is 349 g/mol. The number of aromatic nitrogens is 4. The molecule has 2 aromatic heterocycles. The second kappa shape index (κ2) is 6.98. The zero-order valence-corrected chi connectivity index (χ0v) is 13.2. The molecule has 2 heterocycles. The van der Waals surface area contributed by atoms with Crippen molar-refractivity contribution < 1.29 is 17.7 Å². The van der Waals surface area contributed by atoms with E-state index in [1.165, 1.54) is 18.5 Å². The molecule has 6 nitrogen and oxygen atoms in total. The molecule has 9 heteroatoms. The number of nitrogens with zero attached hydrogens (tertiary/aromatic N) is 5. The van der Waals surface area contributed by atoms with E-state index in [0.717, 1.165) is 17.8 Å². The van der Waals surface area contributed by atoms with Gasteiger partial charge in [0.1, 0.15) is 6.33 Å². The fourth-order valence-corrected chi connectivity index (χ4v) is 2.22. The minimum absolute atomic E-state index is 0.249. The molecule has 0 saturated heterocycles. The molecule has 3 rings (SSSR count). The molecule has 0 amide bonds. The van der Waals surface area contributed by atoms with Crippen LogP contribution in [0.4, 0.5) is 13.2 Å². The predicted molar refractivity (Wildman–Crippen MR) is 81.9 cm³/mol. The van der Waals surface area contributed by atoms with Gasteiger partial charge in [-0.25, -0.2) is 9.97 Å². The average Bonchev–Trinajstić information content (AvgIpc) is 3.03. The van der Waals surface area contributed by atoms with E-state index < -0.39 is 11.7 Å². The van der Waals surface area contributed by atoms with E-state index in [4.69, 9.17) is 4.52 Å². The molecule has 0 aliphatic carbocycles. The molecule has 0 saturated carbocycles. The van der Waals surface area contributed by atoms with Crippen LogP contribution in [-0.2, 0) is 19.3 Å². The van der Waals surface area contributed by atoms with Gasteiger partial charge in [0.15, 0.2) is 0 Å². The molecule has 3 aromatic rings. The molecule has 0 unspecified atom stereocenters. The Balaban J connectivity index is 1.66. The van der Waals surface area contributed by atoms with Crippen LogP contribution in [-0.4, -0.2) is 32.1 Å². The maximum Gasteiger partial charge on any atom is 0.416 e. The van der Waals surface area contributed by atoms with Crippen LogP contribution in [0.1, 0.15) is 17.1 Å². The maximum absolute atomic E-state index is 12.6. The summed E-state index contributed by atoms with van der Waals surface area (Å²) >= 11 is 0. The highest BCUT2D eigenvalue weighted by Gasteiger charge is 2.30. The fourth-order valence-electron chi connectivity index (χ4n) is 2.22. The first-order valence-electron chi connectivity index (χ1n) is 7.35. The van der Waals surface area contributed by atoms with Gasteiger partial charge in [-0.1, -0.05) is 17.3 Å². The molecule has 0 spiro atoms. The number of benzene rings is 1.